The number of hydrogen-bond acceptors (Lipinski definition) is 5. The Labute approximate surface area is 205 Å². The van der Waals surface area contributed by atoms with Crippen molar-refractivity contribution in [3.63, 3.8) is 0 Å². The number of aromatic nitrogens is 2. The van der Waals surface area contributed by atoms with E-state index >= 15 is 0 Å². The maximum atomic E-state index is 13.1. The first-order valence-electron chi connectivity index (χ1n) is 12.3. The highest BCUT2D eigenvalue weighted by molar-refractivity contribution is 5.88. The lowest BCUT2D eigenvalue weighted by Gasteiger charge is -2.33. The van der Waals surface area contributed by atoms with Gasteiger partial charge in [-0.25, -0.2) is 4.79 Å². The molecule has 2 fully saturated rings. The summed E-state index contributed by atoms with van der Waals surface area (Å²) in [5.41, 5.74) is 3.38. The van der Waals surface area contributed by atoms with Gasteiger partial charge in [-0.05, 0) is 68.0 Å². The second kappa shape index (κ2) is 9.94. The van der Waals surface area contributed by atoms with Gasteiger partial charge in [-0.15, -0.1) is 0 Å². The molecule has 0 bridgehead atoms. The van der Waals surface area contributed by atoms with Crippen molar-refractivity contribution in [3.8, 4) is 17.0 Å². The third kappa shape index (κ3) is 4.81. The number of benzene rings is 2. The third-order valence-electron chi connectivity index (χ3n) is 7.06. The molecule has 2 atom stereocenters. The van der Waals surface area contributed by atoms with E-state index in [1.54, 1.807) is 20.1 Å². The molecule has 0 N–H and O–H groups in total. The number of rotatable bonds is 7. The topological polar surface area (TPSA) is 73.7 Å². The highest BCUT2D eigenvalue weighted by Crippen LogP contribution is 2.48. The van der Waals surface area contributed by atoms with Gasteiger partial charge in [0.2, 0.25) is 5.91 Å². The molecule has 1 aliphatic heterocycles. The lowest BCUT2D eigenvalue weighted by molar-refractivity contribution is -0.134. The summed E-state index contributed by atoms with van der Waals surface area (Å²) in [4.78, 5) is 27.6. The molecule has 1 saturated carbocycles. The van der Waals surface area contributed by atoms with E-state index in [2.05, 4.69) is 17.2 Å². The molecule has 2 aromatic carbocycles. The number of hydrogen-bond donors (Lipinski definition) is 0. The van der Waals surface area contributed by atoms with E-state index in [-0.39, 0.29) is 17.9 Å². The Hall–Kier alpha value is -3.61. The second-order valence-electron chi connectivity index (χ2n) is 9.22. The molecule has 1 amide bonds. The van der Waals surface area contributed by atoms with Crippen LogP contribution in [0, 0.1) is 5.92 Å². The molecule has 7 nitrogen and oxygen atoms in total. The molecule has 2 heterocycles. The predicted molar refractivity (Wildman–Crippen MR) is 132 cm³/mol. The number of methoxy groups -OCH3 is 1. The summed E-state index contributed by atoms with van der Waals surface area (Å²) in [6, 6.07) is 19.9. The van der Waals surface area contributed by atoms with Crippen molar-refractivity contribution in [2.24, 2.45) is 5.92 Å². The van der Waals surface area contributed by atoms with Crippen LogP contribution < -0.4 is 4.74 Å². The smallest absolute Gasteiger partial charge is 0.358 e. The van der Waals surface area contributed by atoms with Crippen molar-refractivity contribution >= 4 is 11.9 Å². The average molecular weight is 474 g/mol. The third-order valence-corrected chi connectivity index (χ3v) is 7.06. The molecule has 182 valence electrons. The van der Waals surface area contributed by atoms with Crippen LogP contribution in [0.15, 0.2) is 60.7 Å². The molecule has 1 aromatic heterocycles. The van der Waals surface area contributed by atoms with Crippen LogP contribution in [0.4, 0.5) is 0 Å². The van der Waals surface area contributed by atoms with Crippen LogP contribution in [0.3, 0.4) is 0 Å². The SMILES string of the molecule is CCOC(=O)c1cc(-c2ccc(OC)cc2)n(C2CCN(C(=O)C3C[C@H]3c3ccccc3)CC2)n1. The largest absolute Gasteiger partial charge is 0.497 e. The number of ether oxygens (including phenoxy) is 2. The van der Waals surface area contributed by atoms with E-state index in [4.69, 9.17) is 9.47 Å². The summed E-state index contributed by atoms with van der Waals surface area (Å²) in [7, 11) is 1.64. The molecule has 35 heavy (non-hydrogen) atoms. The number of carbonyl (C=O) groups excluding carboxylic acids is 2. The van der Waals surface area contributed by atoms with Gasteiger partial charge in [0.1, 0.15) is 5.75 Å². The van der Waals surface area contributed by atoms with Crippen LogP contribution in [0.1, 0.15) is 54.2 Å². The first-order valence-corrected chi connectivity index (χ1v) is 12.3. The fourth-order valence-corrected chi connectivity index (χ4v) is 5.06. The Morgan fingerprint density at radius 2 is 1.74 bits per heavy atom. The fourth-order valence-electron chi connectivity index (χ4n) is 5.06. The summed E-state index contributed by atoms with van der Waals surface area (Å²) in [6.07, 6.45) is 2.52. The zero-order valence-electron chi connectivity index (χ0n) is 20.2. The Bertz CT molecular complexity index is 1180. The van der Waals surface area contributed by atoms with Crippen molar-refractivity contribution in [2.45, 2.75) is 38.1 Å². The van der Waals surface area contributed by atoms with Gasteiger partial charge in [0.15, 0.2) is 5.69 Å². The molecular weight excluding hydrogens is 442 g/mol. The van der Waals surface area contributed by atoms with Crippen LogP contribution >= 0.6 is 0 Å². The summed E-state index contributed by atoms with van der Waals surface area (Å²) in [5.74, 6) is 1.06. The van der Waals surface area contributed by atoms with Crippen LogP contribution in [-0.4, -0.2) is 53.4 Å². The van der Waals surface area contributed by atoms with E-state index in [1.165, 1.54) is 5.56 Å². The van der Waals surface area contributed by atoms with Gasteiger partial charge in [0.05, 0.1) is 25.5 Å². The monoisotopic (exact) mass is 473 g/mol. The highest BCUT2D eigenvalue weighted by atomic mass is 16.5. The second-order valence-corrected chi connectivity index (χ2v) is 9.22. The zero-order chi connectivity index (χ0) is 24.4. The van der Waals surface area contributed by atoms with Crippen LogP contribution in [0.25, 0.3) is 11.3 Å². The minimum atomic E-state index is -0.422. The van der Waals surface area contributed by atoms with Crippen LogP contribution in [-0.2, 0) is 9.53 Å². The minimum absolute atomic E-state index is 0.100. The normalized spacial score (nSPS) is 19.9. The summed E-state index contributed by atoms with van der Waals surface area (Å²) in [5, 5.41) is 4.65. The molecule has 1 unspecified atom stereocenters. The van der Waals surface area contributed by atoms with Gasteiger partial charge in [0.25, 0.3) is 0 Å². The molecule has 1 saturated heterocycles. The maximum Gasteiger partial charge on any atom is 0.358 e. The first kappa shape index (κ1) is 23.1. The van der Waals surface area contributed by atoms with Crippen molar-refractivity contribution in [2.75, 3.05) is 26.8 Å². The molecule has 7 heteroatoms. The predicted octanol–water partition coefficient (Wildman–Crippen LogP) is 4.70. The van der Waals surface area contributed by atoms with E-state index in [9.17, 15) is 9.59 Å². The summed E-state index contributed by atoms with van der Waals surface area (Å²) >= 11 is 0. The van der Waals surface area contributed by atoms with Crippen LogP contribution in [0.5, 0.6) is 5.75 Å². The van der Waals surface area contributed by atoms with Crippen molar-refractivity contribution < 1.29 is 19.1 Å². The number of carbonyl (C=O) groups is 2. The van der Waals surface area contributed by atoms with Gasteiger partial charge in [0, 0.05) is 24.6 Å². The van der Waals surface area contributed by atoms with E-state index in [1.807, 2.05) is 52.0 Å². The van der Waals surface area contributed by atoms with E-state index in [0.717, 1.165) is 36.3 Å². The number of esters is 1. The summed E-state index contributed by atoms with van der Waals surface area (Å²) in [6.45, 7) is 3.47. The summed E-state index contributed by atoms with van der Waals surface area (Å²) < 4.78 is 12.4. The number of likely N-dealkylation sites (tertiary alicyclic amines) is 1. The van der Waals surface area contributed by atoms with Gasteiger partial charge in [-0.1, -0.05) is 30.3 Å². The van der Waals surface area contributed by atoms with Gasteiger partial charge in [-0.3, -0.25) is 9.48 Å². The standard InChI is InChI=1S/C28H31N3O4/c1-3-35-28(33)25-18-26(20-9-11-22(34-2)12-10-20)31(29-25)21-13-15-30(16-14-21)27(32)24-17-23(24)19-7-5-4-6-8-19/h4-12,18,21,23-24H,3,13-17H2,1-2H3/t23-,24?/m0/s1. The first-order chi connectivity index (χ1) is 17.1. The molecule has 2 aliphatic rings. The molecular formula is C28H31N3O4. The number of nitrogens with zero attached hydrogens (tertiary/aromatic N) is 3. The average Bonchev–Trinajstić information content (AvgIpc) is 3.59. The zero-order valence-corrected chi connectivity index (χ0v) is 20.2. The Balaban J connectivity index is 1.30. The Morgan fingerprint density at radius 3 is 2.40 bits per heavy atom. The van der Waals surface area contributed by atoms with E-state index in [0.29, 0.717) is 31.3 Å². The van der Waals surface area contributed by atoms with Gasteiger partial charge < -0.3 is 14.4 Å². The molecule has 3 aromatic rings. The van der Waals surface area contributed by atoms with Crippen molar-refractivity contribution in [1.82, 2.24) is 14.7 Å². The molecule has 0 spiro atoms. The quantitative estimate of drug-likeness (QED) is 0.465. The minimum Gasteiger partial charge on any atom is -0.497 e. The lowest BCUT2D eigenvalue weighted by Crippen LogP contribution is -2.40. The maximum absolute atomic E-state index is 13.1. The van der Waals surface area contributed by atoms with Gasteiger partial charge >= 0.3 is 5.97 Å². The van der Waals surface area contributed by atoms with E-state index < -0.39 is 5.97 Å². The Kier molecular flexibility index (Phi) is 6.57. The number of amides is 1. The molecule has 0 radical (unpaired) electrons. The van der Waals surface area contributed by atoms with Crippen molar-refractivity contribution in [3.05, 3.63) is 71.9 Å². The van der Waals surface area contributed by atoms with Gasteiger partial charge in [-0.2, -0.15) is 5.10 Å². The Morgan fingerprint density at radius 1 is 1.03 bits per heavy atom. The number of piperidine rings is 1. The lowest BCUT2D eigenvalue weighted by atomic mass is 10.0. The van der Waals surface area contributed by atoms with Crippen LogP contribution in [0.2, 0.25) is 0 Å². The highest BCUT2D eigenvalue weighted by Gasteiger charge is 2.46. The van der Waals surface area contributed by atoms with Crippen molar-refractivity contribution in [1.29, 1.82) is 0 Å². The molecule has 5 rings (SSSR count). The molecule has 1 aliphatic carbocycles. The fraction of sp³-hybridized carbons (Fsp3) is 0.393.